The van der Waals surface area contributed by atoms with Crippen LogP contribution in [0, 0.1) is 5.92 Å². The fourth-order valence-corrected chi connectivity index (χ4v) is 6.09. The molecule has 4 heteroatoms. The number of phenolic OH excluding ortho intramolecular Hbond substituents is 3. The van der Waals surface area contributed by atoms with E-state index in [0.29, 0.717) is 5.92 Å². The molecule has 2 atom stereocenters. The molecular formula is C22H24O4. The molecule has 2 saturated carbocycles. The lowest BCUT2D eigenvalue weighted by Crippen LogP contribution is -2.51. The molecule has 2 fully saturated rings. The van der Waals surface area contributed by atoms with Crippen LogP contribution in [0.1, 0.15) is 56.1 Å². The number of benzene rings is 2. The Labute approximate surface area is 153 Å². The van der Waals surface area contributed by atoms with Crippen LogP contribution in [0.4, 0.5) is 0 Å². The molecule has 136 valence electrons. The van der Waals surface area contributed by atoms with Crippen molar-refractivity contribution in [2.45, 2.75) is 56.0 Å². The molecule has 1 spiro atoms. The Hall–Kier alpha value is -2.36. The third kappa shape index (κ3) is 1.96. The Morgan fingerprint density at radius 3 is 2.23 bits per heavy atom. The Morgan fingerprint density at radius 2 is 1.50 bits per heavy atom. The predicted molar refractivity (Wildman–Crippen MR) is 97.7 cm³/mol. The van der Waals surface area contributed by atoms with Crippen LogP contribution in [-0.4, -0.2) is 15.3 Å². The van der Waals surface area contributed by atoms with Gasteiger partial charge in [0.2, 0.25) is 0 Å². The Kier molecular flexibility index (Phi) is 3.25. The molecule has 0 radical (unpaired) electrons. The molecule has 2 aromatic carbocycles. The summed E-state index contributed by atoms with van der Waals surface area (Å²) in [6.07, 6.45) is 7.61. The first kappa shape index (κ1) is 15.9. The second-order valence-corrected chi connectivity index (χ2v) is 8.18. The maximum absolute atomic E-state index is 10.6. The predicted octanol–water partition coefficient (Wildman–Crippen LogP) is 4.70. The third-order valence-electron chi connectivity index (χ3n) is 7.00. The Morgan fingerprint density at radius 1 is 0.808 bits per heavy atom. The summed E-state index contributed by atoms with van der Waals surface area (Å²) in [4.78, 5) is 0. The maximum Gasteiger partial charge on any atom is 0.141 e. The minimum absolute atomic E-state index is 0.0438. The van der Waals surface area contributed by atoms with Crippen LogP contribution in [0.5, 0.6) is 23.0 Å². The van der Waals surface area contributed by atoms with E-state index in [1.807, 2.05) is 6.07 Å². The molecule has 2 aliphatic carbocycles. The number of aromatic hydroxyl groups is 3. The number of fused-ring (bicyclic) bond motifs is 4. The minimum atomic E-state index is -0.594. The van der Waals surface area contributed by atoms with E-state index in [9.17, 15) is 15.3 Å². The van der Waals surface area contributed by atoms with Crippen molar-refractivity contribution in [1.82, 2.24) is 0 Å². The topological polar surface area (TPSA) is 69.9 Å². The summed E-state index contributed by atoms with van der Waals surface area (Å²) in [7, 11) is 0. The van der Waals surface area contributed by atoms with Crippen molar-refractivity contribution in [3.05, 3.63) is 47.5 Å². The van der Waals surface area contributed by atoms with Gasteiger partial charge < -0.3 is 20.1 Å². The number of ether oxygens (including phenoxy) is 1. The highest BCUT2D eigenvalue weighted by molar-refractivity contribution is 5.53. The lowest BCUT2D eigenvalue weighted by Gasteiger charge is -2.51. The molecule has 1 aliphatic heterocycles. The zero-order valence-corrected chi connectivity index (χ0v) is 14.7. The van der Waals surface area contributed by atoms with Gasteiger partial charge in [-0.3, -0.25) is 0 Å². The molecule has 2 aromatic rings. The van der Waals surface area contributed by atoms with Crippen LogP contribution < -0.4 is 4.74 Å². The monoisotopic (exact) mass is 352 g/mol. The first-order valence-corrected chi connectivity index (χ1v) is 9.60. The van der Waals surface area contributed by atoms with E-state index in [0.717, 1.165) is 43.4 Å². The summed E-state index contributed by atoms with van der Waals surface area (Å²) >= 11 is 0. The number of phenols is 3. The van der Waals surface area contributed by atoms with Gasteiger partial charge in [0.1, 0.15) is 28.6 Å². The summed E-state index contributed by atoms with van der Waals surface area (Å²) in [6.45, 7) is 0. The van der Waals surface area contributed by atoms with Crippen molar-refractivity contribution in [1.29, 1.82) is 0 Å². The largest absolute Gasteiger partial charge is 0.508 e. The van der Waals surface area contributed by atoms with Gasteiger partial charge in [0.15, 0.2) is 0 Å². The summed E-state index contributed by atoms with van der Waals surface area (Å²) in [6, 6.07) is 10.4. The van der Waals surface area contributed by atoms with Gasteiger partial charge in [-0.05, 0) is 50.3 Å². The van der Waals surface area contributed by atoms with Crippen molar-refractivity contribution in [3.8, 4) is 23.0 Å². The molecule has 1 heterocycles. The highest BCUT2D eigenvalue weighted by Gasteiger charge is 2.61. The first-order valence-electron chi connectivity index (χ1n) is 9.60. The zero-order valence-electron chi connectivity index (χ0n) is 14.7. The SMILES string of the molecule is Oc1ccc([C@@]23CCC[C@H]2C2(CCCC2)c2ccc(O)cc2O3)c(O)c1. The van der Waals surface area contributed by atoms with Crippen LogP contribution >= 0.6 is 0 Å². The van der Waals surface area contributed by atoms with Crippen molar-refractivity contribution >= 4 is 0 Å². The van der Waals surface area contributed by atoms with E-state index in [4.69, 9.17) is 4.74 Å². The number of rotatable bonds is 1. The van der Waals surface area contributed by atoms with Crippen molar-refractivity contribution < 1.29 is 20.1 Å². The fourth-order valence-electron chi connectivity index (χ4n) is 6.09. The van der Waals surface area contributed by atoms with Gasteiger partial charge in [0.25, 0.3) is 0 Å². The molecule has 3 aliphatic rings. The summed E-state index contributed by atoms with van der Waals surface area (Å²) in [5, 5.41) is 30.4. The standard InChI is InChI=1S/C22H24O4/c23-14-5-7-16(18(25)12-14)22-11-3-4-20(22)21(9-1-2-10-21)17-8-6-15(24)13-19(17)26-22/h5-8,12-13,20,23-25H,1-4,9-11H2/t20-,22-/m0/s1. The number of hydrogen-bond acceptors (Lipinski definition) is 4. The second kappa shape index (κ2) is 5.32. The van der Waals surface area contributed by atoms with Crippen LogP contribution in [0.2, 0.25) is 0 Å². The Bertz CT molecular complexity index is 868. The van der Waals surface area contributed by atoms with Gasteiger partial charge in [-0.2, -0.15) is 0 Å². The van der Waals surface area contributed by atoms with Gasteiger partial charge in [0.05, 0.1) is 0 Å². The average molecular weight is 352 g/mol. The molecule has 0 bridgehead atoms. The normalized spacial score (nSPS) is 28.5. The van der Waals surface area contributed by atoms with E-state index in [2.05, 4.69) is 0 Å². The third-order valence-corrected chi connectivity index (χ3v) is 7.00. The maximum atomic E-state index is 10.6. The van der Waals surface area contributed by atoms with Gasteiger partial charge in [0, 0.05) is 34.6 Å². The molecule has 5 rings (SSSR count). The molecule has 0 amide bonds. The summed E-state index contributed by atoms with van der Waals surface area (Å²) < 4.78 is 6.62. The number of hydrogen-bond donors (Lipinski definition) is 3. The molecular weight excluding hydrogens is 328 g/mol. The average Bonchev–Trinajstić information content (AvgIpc) is 3.23. The van der Waals surface area contributed by atoms with Crippen LogP contribution in [0.25, 0.3) is 0 Å². The fraction of sp³-hybridized carbons (Fsp3) is 0.455. The molecule has 0 saturated heterocycles. The summed E-state index contributed by atoms with van der Waals surface area (Å²) in [5.41, 5.74) is 1.43. The lowest BCUT2D eigenvalue weighted by atomic mass is 9.60. The molecule has 0 aromatic heterocycles. The van der Waals surface area contributed by atoms with Crippen LogP contribution in [-0.2, 0) is 11.0 Å². The molecule has 3 N–H and O–H groups in total. The second-order valence-electron chi connectivity index (χ2n) is 8.18. The molecule has 0 unspecified atom stereocenters. The van der Waals surface area contributed by atoms with E-state index in [-0.39, 0.29) is 22.7 Å². The molecule has 26 heavy (non-hydrogen) atoms. The molecule has 4 nitrogen and oxygen atoms in total. The highest BCUT2D eigenvalue weighted by atomic mass is 16.5. The van der Waals surface area contributed by atoms with Crippen LogP contribution in [0.3, 0.4) is 0 Å². The first-order chi connectivity index (χ1) is 12.6. The van der Waals surface area contributed by atoms with Gasteiger partial charge in [-0.25, -0.2) is 0 Å². The highest BCUT2D eigenvalue weighted by Crippen LogP contribution is 2.65. The smallest absolute Gasteiger partial charge is 0.141 e. The summed E-state index contributed by atoms with van der Waals surface area (Å²) in [5.74, 6) is 1.40. The van der Waals surface area contributed by atoms with Gasteiger partial charge >= 0.3 is 0 Å². The van der Waals surface area contributed by atoms with E-state index < -0.39 is 5.60 Å². The van der Waals surface area contributed by atoms with E-state index >= 15 is 0 Å². The van der Waals surface area contributed by atoms with Crippen LogP contribution in [0.15, 0.2) is 36.4 Å². The van der Waals surface area contributed by atoms with Gasteiger partial charge in [-0.15, -0.1) is 0 Å². The quantitative estimate of drug-likeness (QED) is 0.695. The van der Waals surface area contributed by atoms with E-state index in [1.165, 1.54) is 24.5 Å². The Balaban J connectivity index is 1.76. The minimum Gasteiger partial charge on any atom is -0.508 e. The van der Waals surface area contributed by atoms with Crippen molar-refractivity contribution in [2.24, 2.45) is 5.92 Å². The lowest BCUT2D eigenvalue weighted by molar-refractivity contribution is -0.0365. The van der Waals surface area contributed by atoms with E-state index in [1.54, 1.807) is 24.3 Å². The zero-order chi connectivity index (χ0) is 17.9. The van der Waals surface area contributed by atoms with Crippen molar-refractivity contribution in [3.63, 3.8) is 0 Å². The van der Waals surface area contributed by atoms with Crippen molar-refractivity contribution in [2.75, 3.05) is 0 Å². The van der Waals surface area contributed by atoms with Gasteiger partial charge in [-0.1, -0.05) is 18.9 Å².